The quantitative estimate of drug-likeness (QED) is 0.625. The summed E-state index contributed by atoms with van der Waals surface area (Å²) in [6, 6.07) is 8.24. The van der Waals surface area contributed by atoms with Gasteiger partial charge in [0.15, 0.2) is 0 Å². The Labute approximate surface area is 100.0 Å². The fourth-order valence-corrected chi connectivity index (χ4v) is 1.42. The normalized spacial score (nSPS) is 12.2. The second-order valence-electron chi connectivity index (χ2n) is 4.21. The molecule has 5 heteroatoms. The van der Waals surface area contributed by atoms with E-state index < -0.39 is 11.0 Å². The molecule has 0 bridgehead atoms. The van der Waals surface area contributed by atoms with E-state index in [2.05, 4.69) is 5.32 Å². The number of benzene rings is 1. The number of nitrogens with one attached hydrogen (secondary N) is 1. The predicted octanol–water partition coefficient (Wildman–Crippen LogP) is 1.72. The molecule has 92 valence electrons. The number of rotatable bonds is 5. The first kappa shape index (κ1) is 13.2. The molecular weight excluding hydrogens is 220 g/mol. The van der Waals surface area contributed by atoms with Crippen LogP contribution in [0.15, 0.2) is 30.3 Å². The lowest BCUT2D eigenvalue weighted by molar-refractivity contribution is -0.484. The minimum Gasteiger partial charge on any atom is -0.342 e. The Bertz CT molecular complexity index is 390. The molecule has 1 amide bonds. The molecule has 0 aliphatic heterocycles. The molecule has 1 unspecified atom stereocenters. The molecule has 1 aromatic carbocycles. The van der Waals surface area contributed by atoms with Gasteiger partial charge in [-0.05, 0) is 18.1 Å². The second kappa shape index (κ2) is 5.98. The summed E-state index contributed by atoms with van der Waals surface area (Å²) >= 11 is 0. The first-order chi connectivity index (χ1) is 8.00. The fraction of sp³-hybridized carbons (Fsp3) is 0.417. The zero-order chi connectivity index (χ0) is 12.8. The third-order valence-corrected chi connectivity index (χ3v) is 2.50. The summed E-state index contributed by atoms with van der Waals surface area (Å²) in [5, 5.41) is 13.2. The Kier molecular flexibility index (Phi) is 4.63. The number of hydrogen-bond acceptors (Lipinski definition) is 3. The van der Waals surface area contributed by atoms with Crippen LogP contribution in [0, 0.1) is 16.0 Å². The Hall–Kier alpha value is -1.91. The van der Waals surface area contributed by atoms with Crippen LogP contribution < -0.4 is 5.32 Å². The van der Waals surface area contributed by atoms with Gasteiger partial charge in [0, 0.05) is 10.5 Å². The summed E-state index contributed by atoms with van der Waals surface area (Å²) in [6.45, 7) is 3.44. The first-order valence-electron chi connectivity index (χ1n) is 5.48. The van der Waals surface area contributed by atoms with Crippen molar-refractivity contribution in [1.29, 1.82) is 0 Å². The minimum atomic E-state index is -0.447. The maximum Gasteiger partial charge on any atom is 0.251 e. The summed E-state index contributed by atoms with van der Waals surface area (Å²) in [6.07, 6.45) is 0. The van der Waals surface area contributed by atoms with Crippen molar-refractivity contribution in [3.05, 3.63) is 46.0 Å². The van der Waals surface area contributed by atoms with Crippen LogP contribution in [0.1, 0.15) is 24.2 Å². The first-order valence-corrected chi connectivity index (χ1v) is 5.48. The van der Waals surface area contributed by atoms with E-state index in [-0.39, 0.29) is 18.4 Å². The standard InChI is InChI=1S/C12H16N2O3/c1-9(2)11(8-14(16)17)13-12(15)10-6-4-3-5-7-10/h3-7,9,11H,8H2,1-2H3,(H,13,15). The van der Waals surface area contributed by atoms with E-state index in [0.29, 0.717) is 5.56 Å². The Morgan fingerprint density at radius 3 is 2.41 bits per heavy atom. The van der Waals surface area contributed by atoms with Crippen LogP contribution >= 0.6 is 0 Å². The molecule has 0 aliphatic carbocycles. The number of carbonyl (C=O) groups is 1. The van der Waals surface area contributed by atoms with Gasteiger partial charge < -0.3 is 5.32 Å². The Morgan fingerprint density at radius 1 is 1.35 bits per heavy atom. The summed E-state index contributed by atoms with van der Waals surface area (Å²) in [5.41, 5.74) is 0.515. The molecular formula is C12H16N2O3. The van der Waals surface area contributed by atoms with Gasteiger partial charge in [0.05, 0.1) is 6.04 Å². The summed E-state index contributed by atoms with van der Waals surface area (Å²) in [5.74, 6) is -0.251. The SMILES string of the molecule is CC(C)C(C[N+](=O)[O-])NC(=O)c1ccccc1. The summed E-state index contributed by atoms with van der Waals surface area (Å²) in [7, 11) is 0. The van der Waals surface area contributed by atoms with Crippen molar-refractivity contribution in [1.82, 2.24) is 5.32 Å². The molecule has 0 aromatic heterocycles. The van der Waals surface area contributed by atoms with Gasteiger partial charge in [-0.25, -0.2) is 0 Å². The van der Waals surface area contributed by atoms with E-state index in [4.69, 9.17) is 0 Å². The van der Waals surface area contributed by atoms with Gasteiger partial charge in [0.2, 0.25) is 6.54 Å². The maximum atomic E-state index is 11.8. The Morgan fingerprint density at radius 2 is 1.94 bits per heavy atom. The second-order valence-corrected chi connectivity index (χ2v) is 4.21. The van der Waals surface area contributed by atoms with Crippen molar-refractivity contribution >= 4 is 5.91 Å². The van der Waals surface area contributed by atoms with Gasteiger partial charge in [-0.1, -0.05) is 32.0 Å². The van der Waals surface area contributed by atoms with Crippen molar-refractivity contribution in [2.75, 3.05) is 6.54 Å². The molecule has 1 aromatic rings. The predicted molar refractivity (Wildman–Crippen MR) is 64.4 cm³/mol. The van der Waals surface area contributed by atoms with Gasteiger partial charge in [0.25, 0.3) is 5.91 Å². The smallest absolute Gasteiger partial charge is 0.251 e. The van der Waals surface area contributed by atoms with E-state index in [9.17, 15) is 14.9 Å². The molecule has 5 nitrogen and oxygen atoms in total. The van der Waals surface area contributed by atoms with Crippen LogP contribution in [-0.4, -0.2) is 23.4 Å². The van der Waals surface area contributed by atoms with Gasteiger partial charge in [-0.15, -0.1) is 0 Å². The number of amides is 1. The topological polar surface area (TPSA) is 72.2 Å². The lowest BCUT2D eigenvalue weighted by Gasteiger charge is -2.18. The third kappa shape index (κ3) is 4.22. The van der Waals surface area contributed by atoms with E-state index in [1.54, 1.807) is 24.3 Å². The van der Waals surface area contributed by atoms with E-state index in [1.165, 1.54) is 0 Å². The largest absolute Gasteiger partial charge is 0.342 e. The van der Waals surface area contributed by atoms with Gasteiger partial charge in [0.1, 0.15) is 0 Å². The van der Waals surface area contributed by atoms with Crippen LogP contribution in [0.4, 0.5) is 0 Å². The van der Waals surface area contributed by atoms with Crippen molar-refractivity contribution in [2.24, 2.45) is 5.92 Å². The monoisotopic (exact) mass is 236 g/mol. The average Bonchev–Trinajstić information content (AvgIpc) is 2.28. The molecule has 0 saturated heterocycles. The fourth-order valence-electron chi connectivity index (χ4n) is 1.42. The lowest BCUT2D eigenvalue weighted by atomic mass is 10.0. The van der Waals surface area contributed by atoms with Crippen LogP contribution in [0.5, 0.6) is 0 Å². The van der Waals surface area contributed by atoms with Crippen molar-refractivity contribution in [2.45, 2.75) is 19.9 Å². The average molecular weight is 236 g/mol. The van der Waals surface area contributed by atoms with E-state index in [1.807, 2.05) is 19.9 Å². The minimum absolute atomic E-state index is 0.0214. The number of carbonyl (C=O) groups excluding carboxylic acids is 1. The molecule has 0 aliphatic rings. The van der Waals surface area contributed by atoms with Crippen LogP contribution in [0.25, 0.3) is 0 Å². The van der Waals surface area contributed by atoms with Crippen molar-refractivity contribution < 1.29 is 9.72 Å². The molecule has 0 fully saturated rings. The molecule has 0 radical (unpaired) electrons. The highest BCUT2D eigenvalue weighted by Gasteiger charge is 2.21. The number of nitro groups is 1. The molecule has 1 N–H and O–H groups in total. The van der Waals surface area contributed by atoms with E-state index >= 15 is 0 Å². The van der Waals surface area contributed by atoms with Crippen molar-refractivity contribution in [3.63, 3.8) is 0 Å². The van der Waals surface area contributed by atoms with Crippen LogP contribution in [-0.2, 0) is 0 Å². The van der Waals surface area contributed by atoms with E-state index in [0.717, 1.165) is 0 Å². The molecule has 0 heterocycles. The number of hydrogen-bond donors (Lipinski definition) is 1. The number of nitrogens with zero attached hydrogens (tertiary/aromatic N) is 1. The molecule has 1 atom stereocenters. The van der Waals surface area contributed by atoms with Crippen molar-refractivity contribution in [3.8, 4) is 0 Å². The van der Waals surface area contributed by atoms with Gasteiger partial charge >= 0.3 is 0 Å². The molecule has 1 rings (SSSR count). The highest BCUT2D eigenvalue weighted by Crippen LogP contribution is 2.05. The maximum absolute atomic E-state index is 11.8. The molecule has 17 heavy (non-hydrogen) atoms. The lowest BCUT2D eigenvalue weighted by Crippen LogP contribution is -2.43. The van der Waals surface area contributed by atoms with Crippen LogP contribution in [0.3, 0.4) is 0 Å². The summed E-state index contributed by atoms with van der Waals surface area (Å²) in [4.78, 5) is 21.9. The Balaban J connectivity index is 2.68. The third-order valence-electron chi connectivity index (χ3n) is 2.50. The molecule has 0 spiro atoms. The van der Waals surface area contributed by atoms with Gasteiger partial charge in [-0.3, -0.25) is 14.9 Å². The zero-order valence-corrected chi connectivity index (χ0v) is 9.92. The highest BCUT2D eigenvalue weighted by molar-refractivity contribution is 5.94. The molecule has 0 saturated carbocycles. The van der Waals surface area contributed by atoms with Crippen LogP contribution in [0.2, 0.25) is 0 Å². The highest BCUT2D eigenvalue weighted by atomic mass is 16.6. The summed E-state index contributed by atoms with van der Waals surface area (Å²) < 4.78 is 0. The van der Waals surface area contributed by atoms with Gasteiger partial charge in [-0.2, -0.15) is 0 Å². The zero-order valence-electron chi connectivity index (χ0n) is 9.92.